The Balaban J connectivity index is 1.12. The van der Waals surface area contributed by atoms with E-state index >= 15 is 24.0 Å². The molecule has 5 aromatic rings. The summed E-state index contributed by atoms with van der Waals surface area (Å²) in [5, 5.41) is 59.1. The number of aromatic amines is 2. The lowest BCUT2D eigenvalue weighted by Crippen LogP contribution is -2.62. The van der Waals surface area contributed by atoms with Crippen LogP contribution in [0.4, 0.5) is 0 Å². The molecular formula is C84H123N23O18S2. The maximum absolute atomic E-state index is 15.7. The first-order valence-corrected chi connectivity index (χ1v) is 44.8. The van der Waals surface area contributed by atoms with Gasteiger partial charge in [-0.15, -0.1) is 11.8 Å². The largest absolute Gasteiger partial charge is 0.508 e. The molecule has 127 heavy (non-hydrogen) atoms. The number of aromatic hydroxyl groups is 1. The van der Waals surface area contributed by atoms with Gasteiger partial charge in [-0.2, -0.15) is 11.8 Å². The molecule has 0 saturated carbocycles. The predicted octanol–water partition coefficient (Wildman–Crippen LogP) is -3.62. The van der Waals surface area contributed by atoms with Gasteiger partial charge in [0.15, 0.2) is 5.96 Å². The van der Waals surface area contributed by atoms with Crippen LogP contribution in [0.2, 0.25) is 0 Å². The molecule has 694 valence electrons. The Morgan fingerprint density at radius 3 is 1.66 bits per heavy atom. The maximum atomic E-state index is 15.7. The Labute approximate surface area is 744 Å². The molecule has 2 saturated heterocycles. The Morgan fingerprint density at radius 2 is 1.10 bits per heavy atom. The number of unbranched alkanes of at least 4 members (excludes halogenated alkanes) is 1. The molecule has 0 spiro atoms. The lowest BCUT2D eigenvalue weighted by Gasteiger charge is -2.36. The number of phenols is 1. The Kier molecular flexibility index (Phi) is 40.4. The first-order chi connectivity index (χ1) is 60.5. The van der Waals surface area contributed by atoms with Crippen molar-refractivity contribution in [2.75, 3.05) is 84.0 Å². The number of likely N-dealkylation sites (tertiary alicyclic amines) is 2. The summed E-state index contributed by atoms with van der Waals surface area (Å²) in [5.74, 6) is -13.9. The van der Waals surface area contributed by atoms with Gasteiger partial charge in [-0.1, -0.05) is 82.1 Å². The highest BCUT2D eigenvalue weighted by atomic mass is 32.2. The van der Waals surface area contributed by atoms with Crippen LogP contribution in [-0.4, -0.2) is 303 Å². The molecule has 0 radical (unpaired) electrons. The number of hydrogen-bond donors (Lipinski definition) is 21. The molecule has 2 aliphatic heterocycles. The van der Waals surface area contributed by atoms with Gasteiger partial charge < -0.3 is 127 Å². The molecular weight excluding hydrogens is 1680 g/mol. The Hall–Kier alpha value is -12.1. The van der Waals surface area contributed by atoms with Gasteiger partial charge in [-0.3, -0.25) is 82.1 Å². The number of primary amides is 2. The second kappa shape index (κ2) is 50.3. The zero-order chi connectivity index (χ0) is 93.3. The van der Waals surface area contributed by atoms with E-state index in [2.05, 4.69) is 68.5 Å². The monoisotopic (exact) mass is 1810 g/mol. The number of nitrogens with two attached hydrogens (primary N) is 5. The van der Waals surface area contributed by atoms with Gasteiger partial charge >= 0.3 is 0 Å². The third kappa shape index (κ3) is 30.0. The topological polar surface area (TPSA) is 644 Å². The number of carbonyl (C=O) groups excluding carboxylic acids is 16. The van der Waals surface area contributed by atoms with Crippen LogP contribution >= 0.6 is 23.5 Å². The van der Waals surface area contributed by atoms with Crippen molar-refractivity contribution in [2.24, 2.45) is 34.6 Å². The zero-order valence-electron chi connectivity index (χ0n) is 72.6. The van der Waals surface area contributed by atoms with Crippen LogP contribution < -0.4 is 87.2 Å². The number of aliphatic hydroxyl groups is 1. The van der Waals surface area contributed by atoms with Crippen LogP contribution in [0.1, 0.15) is 115 Å². The summed E-state index contributed by atoms with van der Waals surface area (Å²) in [6, 6.07) is 2.25. The highest BCUT2D eigenvalue weighted by molar-refractivity contribution is 8.00. The number of guanidine groups is 1. The van der Waals surface area contributed by atoms with Gasteiger partial charge in [-0.25, -0.2) is 0 Å². The van der Waals surface area contributed by atoms with E-state index in [-0.39, 0.29) is 113 Å². The van der Waals surface area contributed by atoms with E-state index in [0.29, 0.717) is 64.2 Å². The Bertz CT molecular complexity index is 4690. The molecule has 0 aliphatic carbocycles. The number of amides is 16. The fourth-order valence-electron chi connectivity index (χ4n) is 15.2. The minimum Gasteiger partial charge on any atom is -0.508 e. The summed E-state index contributed by atoms with van der Waals surface area (Å²) in [6.07, 6.45) is 6.01. The van der Waals surface area contributed by atoms with Gasteiger partial charge in [0.1, 0.15) is 78.3 Å². The summed E-state index contributed by atoms with van der Waals surface area (Å²) >= 11 is 2.21. The first kappa shape index (κ1) is 102. The summed E-state index contributed by atoms with van der Waals surface area (Å²) in [6.45, 7) is 3.52. The molecule has 26 N–H and O–H groups in total. The fourth-order valence-corrected chi connectivity index (χ4v) is 16.5. The second-order valence-corrected chi connectivity index (χ2v) is 33.9. The number of likely N-dealkylation sites (N-methyl/N-ethyl adjacent to an activating group) is 3. The molecule has 2 aliphatic rings. The summed E-state index contributed by atoms with van der Waals surface area (Å²) in [5.41, 5.74) is 31.3. The lowest BCUT2D eigenvalue weighted by molar-refractivity contribution is -0.149. The number of nitrogens with one attached hydrogen (secondary N) is 14. The minimum atomic E-state index is -1.84. The van der Waals surface area contributed by atoms with E-state index < -0.39 is 205 Å². The zero-order valence-corrected chi connectivity index (χ0v) is 74.2. The highest BCUT2D eigenvalue weighted by Crippen LogP contribution is 2.27. The van der Waals surface area contributed by atoms with Crippen LogP contribution in [0, 0.1) is 11.3 Å². The molecule has 43 heteroatoms. The number of carbonyl (C=O) groups is 16. The van der Waals surface area contributed by atoms with Crippen LogP contribution in [-0.2, 0) is 96.0 Å². The number of phenolic OH excluding ortho intramolecular Hbond substituents is 1. The number of aromatic nitrogens is 2. The van der Waals surface area contributed by atoms with Crippen molar-refractivity contribution >= 4 is 146 Å². The number of nitrogens with zero attached hydrogens (tertiary/aromatic N) is 4. The maximum Gasteiger partial charge on any atom is 0.245 e. The van der Waals surface area contributed by atoms with Gasteiger partial charge in [0.25, 0.3) is 0 Å². The first-order valence-electron chi connectivity index (χ1n) is 42.2. The molecule has 1 unspecified atom stereocenters. The number of rotatable bonds is 51. The number of aliphatic hydroxyl groups excluding tert-OH is 1. The predicted molar refractivity (Wildman–Crippen MR) is 477 cm³/mol. The average Bonchev–Trinajstić information content (AvgIpc) is 1.71. The number of fused-ring (bicyclic) bond motifs is 2. The number of benzene rings is 3. The van der Waals surface area contributed by atoms with Crippen molar-refractivity contribution in [3.05, 3.63) is 102 Å². The van der Waals surface area contributed by atoms with Crippen LogP contribution in [0.3, 0.4) is 0 Å². The molecule has 3 aromatic carbocycles. The standard InChI is InChI=1S/C84H123N23O18S2/c1-8-9-22-67(83(125)104(5)64(29-33-126-7)77(119)97-56(21-14-30-92-84(89)90)73(115)103-63(72(114)95-42-69(88)111)44-127-45-70(112)96-57(71(113)91-4)35-47-25-27-50(109)28-26-47)105(6)81(123)60(37-49-41-94-55-20-13-11-18-52(49)55)100-76(118)62(43-108)102-74(116)58(36-48-40-93-54-19-12-10-17-51(48)54)98-78(120)66-24-16-32-107(66)82(124)59(34-46(2)3)99-75(117)61(39-85)101-79(121)65-23-15-31-106(65)80(122)53(86)38-68(87)110/h10-13,17-20,25-28,40-41,46,53,56-67,93-94,108-109H,8-9,14-16,21-24,29-39,42-45,85-86H2,1-7H3,(H2,87,110)(H2,88,111)(H,91,113)(H,95,114)(H,96,112)(H,97,119)(H,98,120)(H,99,117)(H,100,118)(H,101,121)(H,102,116)(H,103,115)(H4,89,90,92)/t53-,56-,57-,58-,59-,60-,61-,62-,63?,64-,65-,66-,67-/m0/s1. The normalized spacial score (nSPS) is 16.3. The fraction of sp³-hybridized carbons (Fsp3) is 0.536. The lowest BCUT2D eigenvalue weighted by atomic mass is 10.0. The van der Waals surface area contributed by atoms with Crippen molar-refractivity contribution < 1.29 is 86.9 Å². The third-order valence-corrected chi connectivity index (χ3v) is 23.7. The number of thioether (sulfide) groups is 2. The van der Waals surface area contributed by atoms with Gasteiger partial charge in [0, 0.05) is 107 Å². The molecule has 2 aromatic heterocycles. The van der Waals surface area contributed by atoms with Crippen LogP contribution in [0.5, 0.6) is 5.75 Å². The van der Waals surface area contributed by atoms with Crippen molar-refractivity contribution in [3.8, 4) is 5.75 Å². The van der Waals surface area contributed by atoms with E-state index in [1.807, 2.05) is 6.92 Å². The molecule has 7 rings (SSSR count). The quantitative estimate of drug-likeness (QED) is 0.0102. The molecule has 41 nitrogen and oxygen atoms in total. The number of H-pyrrole nitrogens is 2. The number of para-hydroxylation sites is 2. The van der Waals surface area contributed by atoms with Gasteiger partial charge in [0.2, 0.25) is 94.5 Å². The highest BCUT2D eigenvalue weighted by Gasteiger charge is 2.44. The minimum absolute atomic E-state index is 0.00918. The summed E-state index contributed by atoms with van der Waals surface area (Å²) in [4.78, 5) is 237. The van der Waals surface area contributed by atoms with Crippen LogP contribution in [0.15, 0.2) is 85.2 Å². The van der Waals surface area contributed by atoms with E-state index in [9.17, 15) is 63.0 Å². The van der Waals surface area contributed by atoms with Crippen molar-refractivity contribution in [2.45, 2.75) is 196 Å². The van der Waals surface area contributed by atoms with Crippen molar-refractivity contribution in [1.82, 2.24) is 88.1 Å². The van der Waals surface area contributed by atoms with Crippen molar-refractivity contribution in [3.63, 3.8) is 0 Å². The Morgan fingerprint density at radius 1 is 0.575 bits per heavy atom. The average molecular weight is 1810 g/mol. The smallest absolute Gasteiger partial charge is 0.245 e. The number of hydrogen-bond acceptors (Lipinski definition) is 23. The van der Waals surface area contributed by atoms with E-state index in [0.717, 1.165) is 21.6 Å². The molecule has 2 fully saturated rings. The van der Waals surface area contributed by atoms with Crippen LogP contribution in [0.25, 0.3) is 21.8 Å². The van der Waals surface area contributed by atoms with E-state index in [1.54, 1.807) is 93.2 Å². The summed E-state index contributed by atoms with van der Waals surface area (Å²) in [7, 11) is 4.10. The van der Waals surface area contributed by atoms with E-state index in [1.165, 1.54) is 54.8 Å². The second-order valence-electron chi connectivity index (χ2n) is 31.9. The van der Waals surface area contributed by atoms with Gasteiger partial charge in [-0.05, 0) is 117 Å². The molecule has 4 heterocycles. The van der Waals surface area contributed by atoms with Gasteiger partial charge in [0.05, 0.1) is 31.4 Å². The van der Waals surface area contributed by atoms with E-state index in [4.69, 9.17) is 34.1 Å². The molecule has 13 atom stereocenters. The third-order valence-electron chi connectivity index (χ3n) is 22.0. The molecule has 16 amide bonds. The van der Waals surface area contributed by atoms with Crippen molar-refractivity contribution in [1.29, 1.82) is 5.41 Å². The summed E-state index contributed by atoms with van der Waals surface area (Å²) < 4.78 is 0. The SMILES string of the molecule is CCCC[C@@H](C(=O)N(C)[C@@H](CCSC)C(=O)N[C@@H](CCCNC(=N)N)C(=O)NC(CSCC(=O)N[C@@H](Cc1ccc(O)cc1)C(=O)NC)C(=O)NCC(N)=O)N(C)C(=O)[C@H](Cc1c[nH]c2ccccc12)NC(=O)[C@H](CO)NC(=O)[C@H](Cc1c[nH]c2ccccc12)NC(=O)[C@@H]1CCCN1C(=O)[C@H](CC(C)C)NC(=O)[C@H](CN)NC(=O)[C@@H]1CCCN1C(=O)[C@@H](N)CC(N)=O. The molecule has 0 bridgehead atoms.